The van der Waals surface area contributed by atoms with Gasteiger partial charge in [0.05, 0.1) is 12.3 Å². The lowest BCUT2D eigenvalue weighted by Crippen LogP contribution is -2.31. The van der Waals surface area contributed by atoms with Crippen molar-refractivity contribution in [3.63, 3.8) is 0 Å². The monoisotopic (exact) mass is 540 g/mol. The van der Waals surface area contributed by atoms with Gasteiger partial charge in [0.1, 0.15) is 11.6 Å². The molecule has 10 heteroatoms. The number of pyridine rings is 1. The van der Waals surface area contributed by atoms with Crippen LogP contribution in [0.2, 0.25) is 0 Å². The summed E-state index contributed by atoms with van der Waals surface area (Å²) in [4.78, 5) is 18.8. The van der Waals surface area contributed by atoms with Gasteiger partial charge in [-0.25, -0.2) is 0 Å². The molecule has 3 N–H and O–H groups in total. The molecule has 208 valence electrons. The van der Waals surface area contributed by atoms with Crippen molar-refractivity contribution in [2.45, 2.75) is 51.0 Å². The predicted octanol–water partition coefficient (Wildman–Crippen LogP) is 5.28. The van der Waals surface area contributed by atoms with E-state index < -0.39 is 0 Å². The normalized spacial score (nSPS) is 19.4. The highest BCUT2D eigenvalue weighted by atomic mass is 16.5. The number of carbonyl (C=O) groups excluding carboxylic acids is 1. The Bertz CT molecular complexity index is 1440. The first-order valence-corrected chi connectivity index (χ1v) is 14.2. The predicted molar refractivity (Wildman–Crippen MR) is 157 cm³/mol. The highest BCUT2D eigenvalue weighted by Crippen LogP contribution is 2.33. The Kier molecular flexibility index (Phi) is 7.65. The second-order valence-electron chi connectivity index (χ2n) is 10.7. The lowest BCUT2D eigenvalue weighted by molar-refractivity contribution is -0.111. The standard InChI is InChI=1S/C30H36N8O2/c1-2-28(39)34-23-9-11-24(12-10-23)40-25-8-6-7-21(17-25)18-31-30-35-27-14-13-26(22-19-32-33-20-22)29(38(27)36-30)37-15-4-3-5-16-37/h2,9-14,19-21,25H,1,3-8,15-18H2,(H,31,36)(H,32,33)(H,34,39)/t21?,25-/m0/s1. The zero-order valence-electron chi connectivity index (χ0n) is 22.7. The number of nitrogens with one attached hydrogen (secondary N) is 3. The summed E-state index contributed by atoms with van der Waals surface area (Å²) in [6, 6.07) is 11.7. The number of carbonyl (C=O) groups is 1. The second kappa shape index (κ2) is 11.8. The van der Waals surface area contributed by atoms with Crippen molar-refractivity contribution in [2.75, 3.05) is 35.2 Å². The summed E-state index contributed by atoms with van der Waals surface area (Å²) in [5, 5.41) is 18.3. The molecule has 1 saturated heterocycles. The second-order valence-corrected chi connectivity index (χ2v) is 10.7. The van der Waals surface area contributed by atoms with Crippen molar-refractivity contribution >= 4 is 29.0 Å². The Balaban J connectivity index is 1.12. The quantitative estimate of drug-likeness (QED) is 0.248. The minimum atomic E-state index is -0.225. The Morgan fingerprint density at radius 2 is 1.95 bits per heavy atom. The van der Waals surface area contributed by atoms with Gasteiger partial charge in [0.15, 0.2) is 5.65 Å². The fourth-order valence-electron chi connectivity index (χ4n) is 5.82. The van der Waals surface area contributed by atoms with Gasteiger partial charge in [0.2, 0.25) is 11.9 Å². The zero-order chi connectivity index (χ0) is 27.3. The van der Waals surface area contributed by atoms with Crippen LogP contribution in [0.1, 0.15) is 44.9 Å². The van der Waals surface area contributed by atoms with Crippen LogP contribution >= 0.6 is 0 Å². The number of aromatic amines is 1. The van der Waals surface area contributed by atoms with Crippen molar-refractivity contribution in [3.8, 4) is 16.9 Å². The van der Waals surface area contributed by atoms with Crippen molar-refractivity contribution in [2.24, 2.45) is 5.92 Å². The molecule has 6 rings (SSSR count). The van der Waals surface area contributed by atoms with Crippen LogP contribution in [0, 0.1) is 5.92 Å². The average Bonchev–Trinajstić information content (AvgIpc) is 3.67. The van der Waals surface area contributed by atoms with Gasteiger partial charge in [-0.1, -0.05) is 6.58 Å². The molecule has 4 heterocycles. The molecule has 1 saturated carbocycles. The third-order valence-corrected chi connectivity index (χ3v) is 7.83. The summed E-state index contributed by atoms with van der Waals surface area (Å²) >= 11 is 0. The van der Waals surface area contributed by atoms with E-state index in [9.17, 15) is 4.79 Å². The fraction of sp³-hybridized carbons (Fsp3) is 0.400. The van der Waals surface area contributed by atoms with Crippen LogP contribution in [0.25, 0.3) is 16.8 Å². The Morgan fingerprint density at radius 3 is 2.73 bits per heavy atom. The summed E-state index contributed by atoms with van der Waals surface area (Å²) in [6.45, 7) is 6.32. The molecular formula is C30H36N8O2. The van der Waals surface area contributed by atoms with Crippen LogP contribution in [0.15, 0.2) is 61.4 Å². The molecule has 0 bridgehead atoms. The van der Waals surface area contributed by atoms with E-state index in [0.29, 0.717) is 11.9 Å². The van der Waals surface area contributed by atoms with Gasteiger partial charge in [0, 0.05) is 42.6 Å². The third-order valence-electron chi connectivity index (χ3n) is 7.83. The van der Waals surface area contributed by atoms with Gasteiger partial charge in [-0.05, 0) is 93.3 Å². The van der Waals surface area contributed by atoms with Crippen molar-refractivity contribution < 1.29 is 9.53 Å². The first-order chi connectivity index (χ1) is 19.7. The van der Waals surface area contributed by atoms with Gasteiger partial charge < -0.3 is 20.3 Å². The van der Waals surface area contributed by atoms with Crippen LogP contribution < -0.4 is 20.3 Å². The minimum absolute atomic E-state index is 0.159. The van der Waals surface area contributed by atoms with E-state index in [2.05, 4.69) is 38.4 Å². The van der Waals surface area contributed by atoms with E-state index in [1.807, 2.05) is 47.2 Å². The fourth-order valence-corrected chi connectivity index (χ4v) is 5.82. The lowest BCUT2D eigenvalue weighted by atomic mass is 9.87. The summed E-state index contributed by atoms with van der Waals surface area (Å²) in [5.41, 5.74) is 3.73. The maximum atomic E-state index is 11.5. The first kappa shape index (κ1) is 25.9. The first-order valence-electron chi connectivity index (χ1n) is 14.2. The van der Waals surface area contributed by atoms with E-state index in [-0.39, 0.29) is 12.0 Å². The van der Waals surface area contributed by atoms with E-state index in [1.165, 1.54) is 25.3 Å². The van der Waals surface area contributed by atoms with Crippen molar-refractivity contribution in [3.05, 3.63) is 61.4 Å². The van der Waals surface area contributed by atoms with Crippen molar-refractivity contribution in [1.29, 1.82) is 0 Å². The number of nitrogens with zero attached hydrogens (tertiary/aromatic N) is 5. The van der Waals surface area contributed by atoms with Gasteiger partial charge in [-0.2, -0.15) is 14.6 Å². The number of hydrogen-bond donors (Lipinski definition) is 3. The topological polar surface area (TPSA) is 112 Å². The Morgan fingerprint density at radius 1 is 1.10 bits per heavy atom. The molecular weight excluding hydrogens is 504 g/mol. The molecule has 10 nitrogen and oxygen atoms in total. The van der Waals surface area contributed by atoms with E-state index in [1.54, 1.807) is 0 Å². The number of aromatic nitrogens is 5. The van der Waals surface area contributed by atoms with Crippen molar-refractivity contribution in [1.82, 2.24) is 24.8 Å². The number of benzene rings is 1. The van der Waals surface area contributed by atoms with Crippen LogP contribution in [-0.4, -0.2) is 56.4 Å². The van der Waals surface area contributed by atoms with E-state index in [0.717, 1.165) is 79.3 Å². The maximum Gasteiger partial charge on any atom is 0.247 e. The number of anilines is 3. The van der Waals surface area contributed by atoms with Gasteiger partial charge >= 0.3 is 0 Å². The molecule has 0 spiro atoms. The van der Waals surface area contributed by atoms with Crippen LogP contribution in [0.4, 0.5) is 17.5 Å². The minimum Gasteiger partial charge on any atom is -0.490 e. The Hall–Kier alpha value is -4.34. The molecule has 2 fully saturated rings. The van der Waals surface area contributed by atoms with Gasteiger partial charge in [-0.3, -0.25) is 9.89 Å². The smallest absolute Gasteiger partial charge is 0.247 e. The van der Waals surface area contributed by atoms with Crippen LogP contribution in [0.3, 0.4) is 0 Å². The largest absolute Gasteiger partial charge is 0.490 e. The number of rotatable bonds is 9. The zero-order valence-corrected chi connectivity index (χ0v) is 22.7. The molecule has 1 amide bonds. The highest BCUT2D eigenvalue weighted by molar-refractivity contribution is 5.98. The van der Waals surface area contributed by atoms with Crippen LogP contribution in [-0.2, 0) is 4.79 Å². The average molecular weight is 541 g/mol. The SMILES string of the molecule is C=CC(=O)Nc1ccc(O[C@H]2CCCC(CNc3nc4ccc(-c5cn[nH]c5)c(N5CCCCC5)n4n3)C2)cc1. The molecule has 0 radical (unpaired) electrons. The highest BCUT2D eigenvalue weighted by Gasteiger charge is 2.25. The molecule has 2 aliphatic rings. The third kappa shape index (κ3) is 5.80. The number of ether oxygens (including phenoxy) is 1. The maximum absolute atomic E-state index is 11.5. The summed E-state index contributed by atoms with van der Waals surface area (Å²) in [6.07, 6.45) is 13.1. The van der Waals surface area contributed by atoms with E-state index >= 15 is 0 Å². The number of amides is 1. The molecule has 1 aromatic carbocycles. The van der Waals surface area contributed by atoms with Gasteiger partial charge in [0.25, 0.3) is 0 Å². The molecule has 1 aliphatic heterocycles. The Labute approximate surface area is 233 Å². The lowest BCUT2D eigenvalue weighted by Gasteiger charge is -2.30. The van der Waals surface area contributed by atoms with E-state index in [4.69, 9.17) is 14.8 Å². The number of H-pyrrole nitrogens is 1. The molecule has 3 aromatic heterocycles. The summed E-state index contributed by atoms with van der Waals surface area (Å²) in [5.74, 6) is 2.80. The molecule has 40 heavy (non-hydrogen) atoms. The summed E-state index contributed by atoms with van der Waals surface area (Å²) in [7, 11) is 0. The molecule has 4 aromatic rings. The molecule has 1 aliphatic carbocycles. The number of hydrogen-bond acceptors (Lipinski definition) is 7. The van der Waals surface area contributed by atoms with Gasteiger partial charge in [-0.15, -0.1) is 5.10 Å². The summed E-state index contributed by atoms with van der Waals surface area (Å²) < 4.78 is 8.28. The number of fused-ring (bicyclic) bond motifs is 1. The number of piperidine rings is 1. The molecule has 2 atom stereocenters. The van der Waals surface area contributed by atoms with Crippen LogP contribution in [0.5, 0.6) is 5.75 Å². The molecule has 1 unspecified atom stereocenters.